The van der Waals surface area contributed by atoms with Gasteiger partial charge in [0.2, 0.25) is 0 Å². The predicted molar refractivity (Wildman–Crippen MR) is 63.0 cm³/mol. The van der Waals surface area contributed by atoms with E-state index in [0.29, 0.717) is 6.42 Å². The van der Waals surface area contributed by atoms with Crippen LogP contribution < -0.4 is 0 Å². The third kappa shape index (κ3) is 7.05. The van der Waals surface area contributed by atoms with Crippen molar-refractivity contribution in [3.05, 3.63) is 0 Å². The summed E-state index contributed by atoms with van der Waals surface area (Å²) in [5.74, 6) is 1.42. The first-order valence-electron chi connectivity index (χ1n) is 5.79. The normalized spacial score (nSPS) is 11.8. The Labute approximate surface area is 97.2 Å². The Hall–Kier alpha value is -1.30. The van der Waals surface area contributed by atoms with Crippen molar-refractivity contribution in [1.29, 1.82) is 0 Å². The Balaban J connectivity index is 4.03. The molecule has 3 nitrogen and oxygen atoms in total. The number of carboxylic acid groups (broad SMARTS) is 1. The number of hydrogen-bond acceptors (Lipinski definition) is 2. The molecule has 0 saturated heterocycles. The van der Waals surface area contributed by atoms with Gasteiger partial charge in [-0.05, 0) is 6.42 Å². The van der Waals surface area contributed by atoms with Crippen LogP contribution in [0.4, 0.5) is 0 Å². The number of carbonyl (C=O) groups is 2. The number of carbonyl (C=O) groups excluding carboxylic acids is 1. The number of Topliss-reactive ketones (excluding diaryl/α,β-unsaturated/α-hetero) is 1. The van der Waals surface area contributed by atoms with Gasteiger partial charge in [0.05, 0.1) is 6.42 Å². The fourth-order valence-corrected chi connectivity index (χ4v) is 1.59. The molecular formula is C13H20O3. The average molecular weight is 224 g/mol. The van der Waals surface area contributed by atoms with Gasteiger partial charge in [0.25, 0.3) is 0 Å². The van der Waals surface area contributed by atoms with E-state index in [0.717, 1.165) is 25.7 Å². The third-order valence-corrected chi connectivity index (χ3v) is 2.56. The molecule has 16 heavy (non-hydrogen) atoms. The minimum Gasteiger partial charge on any atom is -0.481 e. The van der Waals surface area contributed by atoms with Gasteiger partial charge < -0.3 is 5.11 Å². The van der Waals surface area contributed by atoms with Crippen molar-refractivity contribution in [3.8, 4) is 12.3 Å². The molecule has 0 aliphatic heterocycles. The van der Waals surface area contributed by atoms with Crippen molar-refractivity contribution in [3.63, 3.8) is 0 Å². The Kier molecular flexibility index (Phi) is 8.24. The largest absolute Gasteiger partial charge is 0.481 e. The number of rotatable bonds is 9. The lowest BCUT2D eigenvalue weighted by molar-refractivity contribution is -0.139. The summed E-state index contributed by atoms with van der Waals surface area (Å²) in [4.78, 5) is 22.0. The highest BCUT2D eigenvalue weighted by atomic mass is 16.4. The first-order valence-corrected chi connectivity index (χ1v) is 5.79. The first-order chi connectivity index (χ1) is 7.61. The number of aliphatic carboxylic acids is 1. The molecule has 0 aromatic carbocycles. The molecule has 3 heteroatoms. The molecule has 1 atom stereocenters. The van der Waals surface area contributed by atoms with Gasteiger partial charge in [-0.3, -0.25) is 9.59 Å². The Morgan fingerprint density at radius 1 is 1.31 bits per heavy atom. The second-order valence-electron chi connectivity index (χ2n) is 3.96. The molecule has 1 unspecified atom stereocenters. The molecule has 0 aromatic rings. The molecular weight excluding hydrogens is 204 g/mol. The molecule has 0 spiro atoms. The molecule has 0 amide bonds. The molecule has 0 rings (SSSR count). The maximum Gasteiger partial charge on any atom is 0.303 e. The van der Waals surface area contributed by atoms with Crippen LogP contribution in [-0.2, 0) is 9.59 Å². The monoisotopic (exact) mass is 224 g/mol. The van der Waals surface area contributed by atoms with Gasteiger partial charge in [-0.15, -0.1) is 12.3 Å². The quantitative estimate of drug-likeness (QED) is 0.484. The van der Waals surface area contributed by atoms with E-state index in [1.165, 1.54) is 0 Å². The lowest BCUT2D eigenvalue weighted by Crippen LogP contribution is -2.15. The second kappa shape index (κ2) is 8.96. The predicted octanol–water partition coefficient (Wildman–Crippen LogP) is 2.64. The Morgan fingerprint density at radius 2 is 2.00 bits per heavy atom. The van der Waals surface area contributed by atoms with E-state index in [4.69, 9.17) is 11.5 Å². The fourth-order valence-electron chi connectivity index (χ4n) is 1.59. The maximum absolute atomic E-state index is 11.7. The zero-order valence-electron chi connectivity index (χ0n) is 9.87. The van der Waals surface area contributed by atoms with Crippen molar-refractivity contribution in [1.82, 2.24) is 0 Å². The maximum atomic E-state index is 11.7. The van der Waals surface area contributed by atoms with E-state index in [-0.39, 0.29) is 24.5 Å². The zero-order valence-corrected chi connectivity index (χ0v) is 9.87. The summed E-state index contributed by atoms with van der Waals surface area (Å²) in [6.07, 6.45) is 9.63. The van der Waals surface area contributed by atoms with Gasteiger partial charge >= 0.3 is 5.97 Å². The molecule has 0 aliphatic carbocycles. The van der Waals surface area contributed by atoms with E-state index < -0.39 is 5.97 Å². The van der Waals surface area contributed by atoms with E-state index in [9.17, 15) is 9.59 Å². The molecule has 0 aromatic heterocycles. The number of carboxylic acids is 1. The minimum atomic E-state index is -0.929. The molecule has 1 N–H and O–H groups in total. The van der Waals surface area contributed by atoms with Crippen molar-refractivity contribution in [2.45, 2.75) is 51.9 Å². The highest BCUT2D eigenvalue weighted by molar-refractivity contribution is 5.84. The van der Waals surface area contributed by atoms with Gasteiger partial charge in [-0.25, -0.2) is 0 Å². The van der Waals surface area contributed by atoms with Crippen molar-refractivity contribution in [2.75, 3.05) is 0 Å². The minimum absolute atomic E-state index is 0.00328. The lowest BCUT2D eigenvalue weighted by Gasteiger charge is -2.11. The zero-order chi connectivity index (χ0) is 12.4. The van der Waals surface area contributed by atoms with Crippen LogP contribution >= 0.6 is 0 Å². The standard InChI is InChI=1S/C13H20O3/c1-3-5-6-8-11(7-4-2)12(14)9-10-13(15)16/h2,11H,3,5-10H2,1H3,(H,15,16). The molecule has 90 valence electrons. The third-order valence-electron chi connectivity index (χ3n) is 2.56. The van der Waals surface area contributed by atoms with Crippen molar-refractivity contribution >= 4 is 11.8 Å². The van der Waals surface area contributed by atoms with Crippen LogP contribution in [0.15, 0.2) is 0 Å². The highest BCUT2D eigenvalue weighted by Gasteiger charge is 2.17. The first kappa shape index (κ1) is 14.7. The van der Waals surface area contributed by atoms with Crippen LogP contribution in [0.25, 0.3) is 0 Å². The summed E-state index contributed by atoms with van der Waals surface area (Å²) in [5, 5.41) is 8.50. The van der Waals surface area contributed by atoms with Gasteiger partial charge in [-0.2, -0.15) is 0 Å². The molecule has 0 saturated carbocycles. The van der Waals surface area contributed by atoms with Gasteiger partial charge in [0.15, 0.2) is 0 Å². The SMILES string of the molecule is C#CCC(CCCCC)C(=O)CCC(=O)O. The van der Waals surface area contributed by atoms with Crippen molar-refractivity contribution < 1.29 is 14.7 Å². The lowest BCUT2D eigenvalue weighted by atomic mass is 9.91. The molecule has 0 fully saturated rings. The summed E-state index contributed by atoms with van der Waals surface area (Å²) in [7, 11) is 0. The number of unbranched alkanes of at least 4 members (excludes halogenated alkanes) is 2. The van der Waals surface area contributed by atoms with Crippen LogP contribution in [0, 0.1) is 18.3 Å². The van der Waals surface area contributed by atoms with E-state index in [2.05, 4.69) is 12.8 Å². The smallest absolute Gasteiger partial charge is 0.303 e. The van der Waals surface area contributed by atoms with E-state index in [1.807, 2.05) is 0 Å². The molecule has 0 aliphatic rings. The summed E-state index contributed by atoms with van der Waals surface area (Å²) in [6.45, 7) is 2.10. The number of terminal acetylenes is 1. The van der Waals surface area contributed by atoms with Gasteiger partial charge in [0.1, 0.15) is 5.78 Å². The summed E-state index contributed by atoms with van der Waals surface area (Å²) in [6, 6.07) is 0. The second-order valence-corrected chi connectivity index (χ2v) is 3.96. The Morgan fingerprint density at radius 3 is 2.50 bits per heavy atom. The number of hydrogen-bond donors (Lipinski definition) is 1. The highest BCUT2D eigenvalue weighted by Crippen LogP contribution is 2.17. The summed E-state index contributed by atoms with van der Waals surface area (Å²) in [5.41, 5.74) is 0. The summed E-state index contributed by atoms with van der Waals surface area (Å²) < 4.78 is 0. The average Bonchev–Trinajstić information content (AvgIpc) is 2.25. The van der Waals surface area contributed by atoms with Crippen LogP contribution in [-0.4, -0.2) is 16.9 Å². The van der Waals surface area contributed by atoms with Gasteiger partial charge in [-0.1, -0.05) is 26.2 Å². The Bertz CT molecular complexity index is 263. The van der Waals surface area contributed by atoms with E-state index >= 15 is 0 Å². The fraction of sp³-hybridized carbons (Fsp3) is 0.692. The number of ketones is 1. The van der Waals surface area contributed by atoms with Crippen LogP contribution in [0.3, 0.4) is 0 Å². The topological polar surface area (TPSA) is 54.4 Å². The van der Waals surface area contributed by atoms with E-state index in [1.54, 1.807) is 0 Å². The summed E-state index contributed by atoms with van der Waals surface area (Å²) >= 11 is 0. The molecule has 0 bridgehead atoms. The van der Waals surface area contributed by atoms with Crippen LogP contribution in [0.5, 0.6) is 0 Å². The molecule has 0 heterocycles. The van der Waals surface area contributed by atoms with Crippen LogP contribution in [0.1, 0.15) is 51.9 Å². The van der Waals surface area contributed by atoms with Crippen molar-refractivity contribution in [2.24, 2.45) is 5.92 Å². The molecule has 0 radical (unpaired) electrons. The van der Waals surface area contributed by atoms with Crippen LogP contribution in [0.2, 0.25) is 0 Å². The van der Waals surface area contributed by atoms with Gasteiger partial charge in [0, 0.05) is 18.8 Å².